The van der Waals surface area contributed by atoms with Crippen molar-refractivity contribution in [3.05, 3.63) is 56.4 Å². The molecule has 0 aliphatic carbocycles. The maximum absolute atomic E-state index is 12.3. The number of hydrogen-bond donors (Lipinski definition) is 0. The predicted octanol–water partition coefficient (Wildman–Crippen LogP) is 5.17. The fraction of sp³-hybridized carbons (Fsp3) is 0.400. The summed E-state index contributed by atoms with van der Waals surface area (Å²) in [6, 6.07) is 7.24. The number of unbranched alkanes of at least 4 members (excludes halogenated alkanes) is 1. The molecule has 0 amide bonds. The number of ether oxygens (including phenoxy) is 4. The Kier molecular flexibility index (Phi) is 7.00. The summed E-state index contributed by atoms with van der Waals surface area (Å²) in [4.78, 5) is 14.4. The lowest BCUT2D eigenvalue weighted by Gasteiger charge is -2.30. The lowest BCUT2D eigenvalue weighted by atomic mass is 10.0. The van der Waals surface area contributed by atoms with Crippen molar-refractivity contribution in [2.24, 2.45) is 0 Å². The second kappa shape index (κ2) is 9.93. The third kappa shape index (κ3) is 4.61. The highest BCUT2D eigenvalue weighted by Gasteiger charge is 2.26. The molecule has 2 heterocycles. The summed E-state index contributed by atoms with van der Waals surface area (Å²) in [6.45, 7) is 3.54. The van der Waals surface area contributed by atoms with Gasteiger partial charge in [-0.3, -0.25) is 4.90 Å². The van der Waals surface area contributed by atoms with Crippen LogP contribution in [0.15, 0.2) is 33.5 Å². The highest BCUT2D eigenvalue weighted by Crippen LogP contribution is 2.41. The van der Waals surface area contributed by atoms with Crippen molar-refractivity contribution in [3.8, 4) is 23.0 Å². The van der Waals surface area contributed by atoms with Gasteiger partial charge in [0.05, 0.1) is 31.9 Å². The number of rotatable bonds is 8. The van der Waals surface area contributed by atoms with Crippen LogP contribution in [-0.2, 0) is 19.5 Å². The van der Waals surface area contributed by atoms with Gasteiger partial charge in [0.2, 0.25) is 5.75 Å². The molecule has 4 rings (SSSR count). The van der Waals surface area contributed by atoms with Gasteiger partial charge in [-0.05, 0) is 42.2 Å². The van der Waals surface area contributed by atoms with Crippen LogP contribution in [0.2, 0.25) is 5.02 Å². The maximum atomic E-state index is 12.3. The molecule has 2 aromatic carbocycles. The molecule has 1 aliphatic heterocycles. The first-order valence-electron chi connectivity index (χ1n) is 10.9. The summed E-state index contributed by atoms with van der Waals surface area (Å²) < 4.78 is 28.0. The van der Waals surface area contributed by atoms with E-state index in [-0.39, 0.29) is 5.63 Å². The van der Waals surface area contributed by atoms with Crippen LogP contribution in [0.4, 0.5) is 0 Å². The molecule has 1 aromatic heterocycles. The monoisotopic (exact) mass is 473 g/mol. The van der Waals surface area contributed by atoms with E-state index >= 15 is 0 Å². The van der Waals surface area contributed by atoms with Crippen molar-refractivity contribution in [1.82, 2.24) is 4.90 Å². The van der Waals surface area contributed by atoms with Crippen molar-refractivity contribution >= 4 is 22.6 Å². The lowest BCUT2D eigenvalue weighted by Crippen LogP contribution is -2.32. The molecule has 8 heteroatoms. The molecule has 0 spiro atoms. The molecule has 0 bridgehead atoms. The van der Waals surface area contributed by atoms with Gasteiger partial charge in [-0.15, -0.1) is 0 Å². The maximum Gasteiger partial charge on any atom is 0.336 e. The number of benzene rings is 2. The third-order valence-corrected chi connectivity index (χ3v) is 6.11. The largest absolute Gasteiger partial charge is 0.493 e. The summed E-state index contributed by atoms with van der Waals surface area (Å²) in [7, 11) is 4.76. The summed E-state index contributed by atoms with van der Waals surface area (Å²) >= 11 is 6.58. The Balaban J connectivity index is 1.70. The van der Waals surface area contributed by atoms with Gasteiger partial charge in [-0.2, -0.15) is 0 Å². The molecule has 0 unspecified atom stereocenters. The van der Waals surface area contributed by atoms with Gasteiger partial charge in [0.15, 0.2) is 11.5 Å². The molecule has 0 radical (unpaired) electrons. The zero-order valence-corrected chi connectivity index (χ0v) is 20.1. The van der Waals surface area contributed by atoms with Gasteiger partial charge in [0.1, 0.15) is 18.1 Å². The lowest BCUT2D eigenvalue weighted by molar-refractivity contribution is 0.0889. The Bertz CT molecular complexity index is 1200. The molecule has 0 atom stereocenters. The first-order valence-corrected chi connectivity index (χ1v) is 11.3. The molecule has 176 valence electrons. The first-order chi connectivity index (χ1) is 16.0. The molecule has 0 saturated heterocycles. The highest BCUT2D eigenvalue weighted by molar-refractivity contribution is 6.33. The number of halogens is 1. The van der Waals surface area contributed by atoms with Crippen LogP contribution in [0.25, 0.3) is 11.0 Å². The van der Waals surface area contributed by atoms with Crippen molar-refractivity contribution < 1.29 is 23.4 Å². The molecule has 1 aliphatic rings. The van der Waals surface area contributed by atoms with Crippen molar-refractivity contribution in [3.63, 3.8) is 0 Å². The average molecular weight is 474 g/mol. The summed E-state index contributed by atoms with van der Waals surface area (Å²) in [5.41, 5.74) is 2.89. The summed E-state index contributed by atoms with van der Waals surface area (Å²) in [5, 5.41) is 1.39. The molecular weight excluding hydrogens is 446 g/mol. The topological polar surface area (TPSA) is 70.4 Å². The van der Waals surface area contributed by atoms with Crippen molar-refractivity contribution in [1.29, 1.82) is 0 Å². The SMILES string of the molecule is CCCCc1cc(=O)oc2c3c(c(Cl)cc12)OCN(Cc1cc(OC)c(OC)c(OC)c1)C3. The van der Waals surface area contributed by atoms with Gasteiger partial charge in [-0.25, -0.2) is 4.79 Å². The van der Waals surface area contributed by atoms with E-state index in [1.807, 2.05) is 18.2 Å². The number of aryl methyl sites for hydroxylation is 1. The van der Waals surface area contributed by atoms with Crippen LogP contribution in [-0.4, -0.2) is 33.0 Å². The first kappa shape index (κ1) is 23.3. The number of hydrogen-bond acceptors (Lipinski definition) is 7. The normalized spacial score (nSPS) is 13.5. The minimum Gasteiger partial charge on any atom is -0.493 e. The Hall–Kier alpha value is -2.90. The molecule has 3 aromatic rings. The number of methoxy groups -OCH3 is 3. The van der Waals surface area contributed by atoms with Crippen LogP contribution in [0.1, 0.15) is 36.5 Å². The fourth-order valence-corrected chi connectivity index (χ4v) is 4.54. The van der Waals surface area contributed by atoms with Crippen LogP contribution in [0, 0.1) is 0 Å². The Morgan fingerprint density at radius 2 is 1.79 bits per heavy atom. The number of fused-ring (bicyclic) bond motifs is 3. The van der Waals surface area contributed by atoms with Gasteiger partial charge in [-0.1, -0.05) is 24.9 Å². The minimum absolute atomic E-state index is 0.342. The quantitative estimate of drug-likeness (QED) is 0.418. The van der Waals surface area contributed by atoms with E-state index in [0.29, 0.717) is 53.4 Å². The summed E-state index contributed by atoms with van der Waals surface area (Å²) in [6.07, 6.45) is 2.81. The van der Waals surface area contributed by atoms with E-state index in [1.54, 1.807) is 27.4 Å². The molecule has 0 N–H and O–H groups in total. The zero-order chi connectivity index (χ0) is 23.5. The predicted molar refractivity (Wildman–Crippen MR) is 127 cm³/mol. The van der Waals surface area contributed by atoms with E-state index in [0.717, 1.165) is 41.3 Å². The standard InChI is InChI=1S/C25H28ClNO6/c1-5-6-7-16-10-22(28)33-23-17(16)11-19(26)24-18(23)13-27(14-32-24)12-15-8-20(29-2)25(31-4)21(9-15)30-3/h8-11H,5-7,12-14H2,1-4H3. The molecule has 0 fully saturated rings. The Morgan fingerprint density at radius 3 is 2.42 bits per heavy atom. The van der Waals surface area contributed by atoms with Crippen molar-refractivity contribution in [2.75, 3.05) is 28.1 Å². The van der Waals surface area contributed by atoms with E-state index in [1.165, 1.54) is 0 Å². The minimum atomic E-state index is -0.361. The van der Waals surface area contributed by atoms with Crippen LogP contribution in [0.5, 0.6) is 23.0 Å². The Labute approximate surface area is 197 Å². The average Bonchev–Trinajstić information content (AvgIpc) is 2.82. The second-order valence-corrected chi connectivity index (χ2v) is 8.44. The fourth-order valence-electron chi connectivity index (χ4n) is 4.26. The van der Waals surface area contributed by atoms with Gasteiger partial charge < -0.3 is 23.4 Å². The molecule has 0 saturated carbocycles. The van der Waals surface area contributed by atoms with Crippen LogP contribution in [0.3, 0.4) is 0 Å². The summed E-state index contributed by atoms with van der Waals surface area (Å²) in [5.74, 6) is 2.29. The van der Waals surface area contributed by atoms with Gasteiger partial charge in [0.25, 0.3) is 0 Å². The van der Waals surface area contributed by atoms with E-state index in [2.05, 4.69) is 11.8 Å². The third-order valence-electron chi connectivity index (χ3n) is 5.83. The second-order valence-electron chi connectivity index (χ2n) is 8.03. The van der Waals surface area contributed by atoms with Crippen LogP contribution < -0.4 is 24.6 Å². The molecule has 33 heavy (non-hydrogen) atoms. The van der Waals surface area contributed by atoms with Crippen molar-refractivity contribution in [2.45, 2.75) is 39.3 Å². The molecule has 7 nitrogen and oxygen atoms in total. The zero-order valence-electron chi connectivity index (χ0n) is 19.3. The van der Waals surface area contributed by atoms with E-state index < -0.39 is 0 Å². The van der Waals surface area contributed by atoms with E-state index in [4.69, 9.17) is 35.0 Å². The van der Waals surface area contributed by atoms with Gasteiger partial charge in [0, 0.05) is 24.5 Å². The van der Waals surface area contributed by atoms with Crippen LogP contribution >= 0.6 is 11.6 Å². The van der Waals surface area contributed by atoms with Gasteiger partial charge >= 0.3 is 5.63 Å². The smallest absolute Gasteiger partial charge is 0.336 e. The number of nitrogens with zero attached hydrogens (tertiary/aromatic N) is 1. The Morgan fingerprint density at radius 1 is 1.06 bits per heavy atom. The highest BCUT2D eigenvalue weighted by atomic mass is 35.5. The molecular formula is C25H28ClNO6. The van der Waals surface area contributed by atoms with E-state index in [9.17, 15) is 4.79 Å².